The van der Waals surface area contributed by atoms with Gasteiger partial charge in [-0.05, 0) is 38.0 Å². The number of nitrogens with one attached hydrogen (secondary N) is 1. The van der Waals surface area contributed by atoms with Crippen LogP contribution in [-0.2, 0) is 34.6 Å². The van der Waals surface area contributed by atoms with E-state index < -0.39 is 9.84 Å². The zero-order chi connectivity index (χ0) is 19.9. The number of amides is 1. The Kier molecular flexibility index (Phi) is 5.14. The molecular weight excluding hydrogens is 366 g/mol. The van der Waals surface area contributed by atoms with E-state index in [0.717, 1.165) is 16.8 Å². The molecule has 27 heavy (non-hydrogen) atoms. The average Bonchev–Trinajstić information content (AvgIpc) is 2.89. The molecule has 0 aliphatic carbocycles. The summed E-state index contributed by atoms with van der Waals surface area (Å²) in [4.78, 5) is 13.0. The lowest BCUT2D eigenvalue weighted by Crippen LogP contribution is -2.27. The molecule has 7 nitrogen and oxygen atoms in total. The highest BCUT2D eigenvalue weighted by Crippen LogP contribution is 2.31. The largest absolute Gasteiger partial charge is 0.369 e. The van der Waals surface area contributed by atoms with Crippen LogP contribution in [0.25, 0.3) is 0 Å². The van der Waals surface area contributed by atoms with Gasteiger partial charge in [0.1, 0.15) is 0 Å². The van der Waals surface area contributed by atoms with Gasteiger partial charge in [-0.15, -0.1) is 0 Å². The van der Waals surface area contributed by atoms with Crippen LogP contribution >= 0.6 is 0 Å². The van der Waals surface area contributed by atoms with E-state index in [0.29, 0.717) is 17.7 Å². The van der Waals surface area contributed by atoms with E-state index in [1.165, 1.54) is 6.26 Å². The van der Waals surface area contributed by atoms with Gasteiger partial charge >= 0.3 is 0 Å². The molecule has 0 fully saturated rings. The van der Waals surface area contributed by atoms with Gasteiger partial charge in [-0.3, -0.25) is 9.48 Å². The van der Waals surface area contributed by atoms with E-state index in [1.54, 1.807) is 23.7 Å². The third kappa shape index (κ3) is 3.91. The molecule has 8 heteroatoms. The Morgan fingerprint density at radius 2 is 2.07 bits per heavy atom. The number of fused-ring (bicyclic) bond motifs is 1. The van der Waals surface area contributed by atoms with Crippen LogP contribution < -0.4 is 5.32 Å². The van der Waals surface area contributed by atoms with Crippen LogP contribution in [0.5, 0.6) is 0 Å². The monoisotopic (exact) mass is 391 g/mol. The van der Waals surface area contributed by atoms with Crippen molar-refractivity contribution < 1.29 is 17.9 Å². The molecule has 1 aliphatic rings. The first-order chi connectivity index (χ1) is 12.6. The summed E-state index contributed by atoms with van der Waals surface area (Å²) in [5, 5.41) is 7.25. The first-order valence-corrected chi connectivity index (χ1v) is 10.8. The Hall–Kier alpha value is -2.19. The number of carbonyl (C=O) groups excluding carboxylic acids is 1. The molecule has 0 saturated carbocycles. The highest BCUT2D eigenvalue weighted by Gasteiger charge is 2.31. The molecule has 2 atom stereocenters. The fourth-order valence-electron chi connectivity index (χ4n) is 3.64. The van der Waals surface area contributed by atoms with Crippen molar-refractivity contribution in [2.24, 2.45) is 7.05 Å². The minimum absolute atomic E-state index is 0.0256. The third-order valence-corrected chi connectivity index (χ3v) is 6.07. The Balaban J connectivity index is 1.81. The summed E-state index contributed by atoms with van der Waals surface area (Å²) >= 11 is 0. The minimum atomic E-state index is -3.31. The standard InChI is InChI=1S/C19H25N3O4S/c1-11-6-7-14(9-16(11)27(5,24)25)10-20-19(23)17-15-8-12(2)26-13(3)18(15)22(4)21-17/h6-7,9,12-13H,8,10H2,1-5H3,(H,20,23)/t12-,13+/m1/s1. The van der Waals surface area contributed by atoms with Gasteiger partial charge in [0.15, 0.2) is 15.5 Å². The van der Waals surface area contributed by atoms with E-state index in [2.05, 4.69) is 10.4 Å². The van der Waals surface area contributed by atoms with Crippen LogP contribution in [0.15, 0.2) is 23.1 Å². The predicted molar refractivity (Wildman–Crippen MR) is 101 cm³/mol. The molecule has 2 heterocycles. The van der Waals surface area contributed by atoms with Crippen molar-refractivity contribution in [2.45, 2.75) is 50.8 Å². The Bertz CT molecular complexity index is 995. The summed E-state index contributed by atoms with van der Waals surface area (Å²) in [5.41, 5.74) is 3.67. The molecule has 0 bridgehead atoms. The maximum Gasteiger partial charge on any atom is 0.272 e. The zero-order valence-electron chi connectivity index (χ0n) is 16.2. The van der Waals surface area contributed by atoms with Crippen LogP contribution in [0.2, 0.25) is 0 Å². The summed E-state index contributed by atoms with van der Waals surface area (Å²) in [6.07, 6.45) is 1.73. The predicted octanol–water partition coefficient (Wildman–Crippen LogP) is 2.08. The van der Waals surface area contributed by atoms with Gasteiger partial charge in [-0.2, -0.15) is 5.10 Å². The smallest absolute Gasteiger partial charge is 0.272 e. The molecule has 146 valence electrons. The Morgan fingerprint density at radius 3 is 2.74 bits per heavy atom. The molecule has 1 aromatic carbocycles. The van der Waals surface area contributed by atoms with Gasteiger partial charge in [-0.25, -0.2) is 8.42 Å². The van der Waals surface area contributed by atoms with E-state index >= 15 is 0 Å². The molecule has 0 saturated heterocycles. The number of aromatic nitrogens is 2. The molecule has 0 radical (unpaired) electrons. The fourth-order valence-corrected chi connectivity index (χ4v) is 4.66. The van der Waals surface area contributed by atoms with Crippen molar-refractivity contribution in [3.05, 3.63) is 46.3 Å². The zero-order valence-corrected chi connectivity index (χ0v) is 17.1. The normalized spacial score (nSPS) is 19.6. The van der Waals surface area contributed by atoms with Crippen molar-refractivity contribution in [2.75, 3.05) is 6.26 Å². The number of hydrogen-bond acceptors (Lipinski definition) is 5. The van der Waals surface area contributed by atoms with Gasteiger partial charge in [0.25, 0.3) is 5.91 Å². The van der Waals surface area contributed by atoms with Crippen molar-refractivity contribution in [1.29, 1.82) is 0 Å². The summed E-state index contributed by atoms with van der Waals surface area (Å²) in [6.45, 7) is 5.92. The number of sulfone groups is 1. The molecule has 1 amide bonds. The Morgan fingerprint density at radius 1 is 1.37 bits per heavy atom. The molecule has 0 unspecified atom stereocenters. The van der Waals surface area contributed by atoms with Gasteiger partial charge in [-0.1, -0.05) is 12.1 Å². The summed E-state index contributed by atoms with van der Waals surface area (Å²) in [6, 6.07) is 5.17. The number of carbonyl (C=O) groups is 1. The number of rotatable bonds is 4. The first kappa shape index (κ1) is 19.6. The van der Waals surface area contributed by atoms with Crippen LogP contribution in [0, 0.1) is 6.92 Å². The lowest BCUT2D eigenvalue weighted by atomic mass is 9.99. The quantitative estimate of drug-likeness (QED) is 0.862. The molecule has 1 N–H and O–H groups in total. The molecule has 3 rings (SSSR count). The lowest BCUT2D eigenvalue weighted by molar-refractivity contribution is -0.00903. The second-order valence-electron chi connectivity index (χ2n) is 7.18. The van der Waals surface area contributed by atoms with E-state index in [-0.39, 0.29) is 29.6 Å². The minimum Gasteiger partial charge on any atom is -0.369 e. The fraction of sp³-hybridized carbons (Fsp3) is 0.474. The summed E-state index contributed by atoms with van der Waals surface area (Å²) < 4.78 is 31.3. The number of ether oxygens (including phenoxy) is 1. The SMILES string of the molecule is Cc1ccc(CNC(=O)c2nn(C)c3c2C[C@@H](C)O[C@H]3C)cc1S(C)(=O)=O. The molecule has 0 spiro atoms. The third-order valence-electron chi connectivity index (χ3n) is 4.83. The number of aryl methyl sites for hydroxylation is 2. The molecule has 1 aromatic heterocycles. The number of benzene rings is 1. The average molecular weight is 391 g/mol. The van der Waals surface area contributed by atoms with E-state index in [9.17, 15) is 13.2 Å². The molecule has 2 aromatic rings. The lowest BCUT2D eigenvalue weighted by Gasteiger charge is -2.26. The van der Waals surface area contributed by atoms with Gasteiger partial charge in [0.05, 0.1) is 22.8 Å². The maximum absolute atomic E-state index is 12.7. The highest BCUT2D eigenvalue weighted by molar-refractivity contribution is 7.90. The summed E-state index contributed by atoms with van der Waals surface area (Å²) in [5.74, 6) is -0.269. The maximum atomic E-state index is 12.7. The second kappa shape index (κ2) is 7.09. The molecular formula is C19H25N3O4S. The van der Waals surface area contributed by atoms with Gasteiger partial charge in [0.2, 0.25) is 0 Å². The second-order valence-corrected chi connectivity index (χ2v) is 9.17. The van der Waals surface area contributed by atoms with Crippen LogP contribution in [0.4, 0.5) is 0 Å². The highest BCUT2D eigenvalue weighted by atomic mass is 32.2. The summed E-state index contributed by atoms with van der Waals surface area (Å²) in [7, 11) is -1.50. The van der Waals surface area contributed by atoms with Crippen molar-refractivity contribution in [3.8, 4) is 0 Å². The van der Waals surface area contributed by atoms with Crippen LogP contribution in [-0.4, -0.2) is 36.5 Å². The van der Waals surface area contributed by atoms with Crippen molar-refractivity contribution >= 4 is 15.7 Å². The number of nitrogens with zero attached hydrogens (tertiary/aromatic N) is 2. The van der Waals surface area contributed by atoms with Gasteiger partial charge in [0, 0.05) is 31.8 Å². The van der Waals surface area contributed by atoms with E-state index in [4.69, 9.17) is 4.74 Å². The van der Waals surface area contributed by atoms with Crippen molar-refractivity contribution in [1.82, 2.24) is 15.1 Å². The first-order valence-electron chi connectivity index (χ1n) is 8.87. The molecule has 1 aliphatic heterocycles. The van der Waals surface area contributed by atoms with Crippen LogP contribution in [0.1, 0.15) is 52.8 Å². The number of hydrogen-bond donors (Lipinski definition) is 1. The van der Waals surface area contributed by atoms with E-state index in [1.807, 2.05) is 27.0 Å². The van der Waals surface area contributed by atoms with Crippen LogP contribution in [0.3, 0.4) is 0 Å². The Labute approximate surface area is 159 Å². The topological polar surface area (TPSA) is 90.3 Å². The van der Waals surface area contributed by atoms with Crippen molar-refractivity contribution in [3.63, 3.8) is 0 Å². The van der Waals surface area contributed by atoms with Gasteiger partial charge < -0.3 is 10.1 Å².